The number of carbonyl (C=O) groups is 1. The lowest BCUT2D eigenvalue weighted by atomic mass is 10.2. The van der Waals surface area contributed by atoms with E-state index in [2.05, 4.69) is 15.5 Å². The molecule has 0 aliphatic heterocycles. The first-order valence-corrected chi connectivity index (χ1v) is 6.27. The van der Waals surface area contributed by atoms with E-state index in [0.717, 1.165) is 0 Å². The van der Waals surface area contributed by atoms with Crippen molar-refractivity contribution in [1.82, 2.24) is 10.2 Å². The molecule has 0 saturated carbocycles. The minimum Gasteiger partial charge on any atom is -0.363 e. The van der Waals surface area contributed by atoms with Gasteiger partial charge in [0.2, 0.25) is 10.1 Å². The van der Waals surface area contributed by atoms with E-state index in [1.165, 1.54) is 16.2 Å². The van der Waals surface area contributed by atoms with Gasteiger partial charge in [-0.15, -0.1) is 10.2 Å². The van der Waals surface area contributed by atoms with E-state index in [0.29, 0.717) is 21.4 Å². The largest absolute Gasteiger partial charge is 0.363 e. The van der Waals surface area contributed by atoms with E-state index in [-0.39, 0.29) is 5.91 Å². The summed E-state index contributed by atoms with van der Waals surface area (Å²) < 4.78 is 0. The zero-order valence-electron chi connectivity index (χ0n) is 10.4. The van der Waals surface area contributed by atoms with Gasteiger partial charge in [0.1, 0.15) is 0 Å². The number of aromatic nitrogens is 2. The molecule has 0 bridgehead atoms. The summed E-state index contributed by atoms with van der Waals surface area (Å²) >= 11 is 1.18. The van der Waals surface area contributed by atoms with E-state index in [1.54, 1.807) is 38.4 Å². The number of hydrogen-bond acceptors (Lipinski definition) is 6. The summed E-state index contributed by atoms with van der Waals surface area (Å²) in [4.78, 5) is 13.6. The lowest BCUT2D eigenvalue weighted by Gasteiger charge is -2.15. The van der Waals surface area contributed by atoms with Gasteiger partial charge in [-0.3, -0.25) is 4.79 Å². The number of nitrogens with one attached hydrogen (secondary N) is 1. The van der Waals surface area contributed by atoms with Gasteiger partial charge in [-0.25, -0.2) is 0 Å². The molecule has 7 heteroatoms. The second kappa shape index (κ2) is 5.46. The Balaban J connectivity index is 2.25. The predicted octanol–water partition coefficient (Wildman–Crippen LogP) is 1.73. The molecule has 1 aromatic heterocycles. The van der Waals surface area contributed by atoms with Crippen molar-refractivity contribution < 1.29 is 4.79 Å². The van der Waals surface area contributed by atoms with Crippen molar-refractivity contribution >= 4 is 28.1 Å². The monoisotopic (exact) mass is 273 g/mol. The van der Waals surface area contributed by atoms with Gasteiger partial charge in [0.15, 0.2) is 0 Å². The maximum absolute atomic E-state index is 12.2. The minimum absolute atomic E-state index is 0.255. The minimum atomic E-state index is -0.255. The normalized spacial score (nSPS) is 9.74. The quantitative estimate of drug-likeness (QED) is 0.921. The van der Waals surface area contributed by atoms with Crippen LogP contribution in [0, 0.1) is 11.3 Å². The summed E-state index contributed by atoms with van der Waals surface area (Å²) in [5.74, 6) is -0.255. The standard InChI is InChI=1S/C12H11N5OS/c1-14-12-16-15-10(19-12)11(18)17(2)9-5-3-4-8(6-9)7-13/h3-6H,1-2H3,(H,14,16). The van der Waals surface area contributed by atoms with Gasteiger partial charge in [0.25, 0.3) is 5.91 Å². The first-order chi connectivity index (χ1) is 9.15. The molecule has 0 atom stereocenters. The van der Waals surface area contributed by atoms with E-state index in [4.69, 9.17) is 5.26 Å². The number of hydrogen-bond donors (Lipinski definition) is 1. The van der Waals surface area contributed by atoms with Crippen LogP contribution in [0.25, 0.3) is 0 Å². The summed E-state index contributed by atoms with van der Waals surface area (Å²) in [7, 11) is 3.36. The zero-order chi connectivity index (χ0) is 13.8. The Kier molecular flexibility index (Phi) is 3.73. The lowest BCUT2D eigenvalue weighted by molar-refractivity contribution is 0.0992. The number of benzene rings is 1. The first kappa shape index (κ1) is 13.0. The molecule has 6 nitrogen and oxygen atoms in total. The smallest absolute Gasteiger partial charge is 0.289 e. The number of amides is 1. The van der Waals surface area contributed by atoms with E-state index < -0.39 is 0 Å². The van der Waals surface area contributed by atoms with Crippen molar-refractivity contribution in [2.24, 2.45) is 0 Å². The van der Waals surface area contributed by atoms with Crippen molar-refractivity contribution in [3.05, 3.63) is 34.8 Å². The van der Waals surface area contributed by atoms with Crippen LogP contribution >= 0.6 is 11.3 Å². The fraction of sp³-hybridized carbons (Fsp3) is 0.167. The fourth-order valence-electron chi connectivity index (χ4n) is 1.46. The molecule has 0 saturated heterocycles. The van der Waals surface area contributed by atoms with Gasteiger partial charge in [-0.1, -0.05) is 17.4 Å². The number of rotatable bonds is 3. The van der Waals surface area contributed by atoms with Gasteiger partial charge >= 0.3 is 0 Å². The van der Waals surface area contributed by atoms with Crippen LogP contribution in [0.5, 0.6) is 0 Å². The van der Waals surface area contributed by atoms with Crippen LogP contribution in [0.4, 0.5) is 10.8 Å². The lowest BCUT2D eigenvalue weighted by Crippen LogP contribution is -2.26. The third kappa shape index (κ3) is 2.69. The Morgan fingerprint density at radius 2 is 2.26 bits per heavy atom. The van der Waals surface area contributed by atoms with Crippen LogP contribution in [-0.4, -0.2) is 30.2 Å². The topological polar surface area (TPSA) is 81.9 Å². The maximum Gasteiger partial charge on any atom is 0.289 e. The molecule has 1 N–H and O–H groups in total. The summed E-state index contributed by atoms with van der Waals surface area (Å²) in [6, 6.07) is 8.87. The highest BCUT2D eigenvalue weighted by Crippen LogP contribution is 2.20. The summed E-state index contributed by atoms with van der Waals surface area (Å²) in [5.41, 5.74) is 1.15. The molecule has 0 unspecified atom stereocenters. The predicted molar refractivity (Wildman–Crippen MR) is 73.3 cm³/mol. The van der Waals surface area contributed by atoms with Crippen molar-refractivity contribution in [2.45, 2.75) is 0 Å². The molecule has 0 spiro atoms. The first-order valence-electron chi connectivity index (χ1n) is 5.45. The van der Waals surface area contributed by atoms with Crippen LogP contribution in [0.3, 0.4) is 0 Å². The number of nitriles is 1. The molecular weight excluding hydrogens is 262 g/mol. The molecule has 1 heterocycles. The average molecular weight is 273 g/mol. The molecule has 0 aliphatic carbocycles. The van der Waals surface area contributed by atoms with Crippen LogP contribution in [0.1, 0.15) is 15.4 Å². The Morgan fingerprint density at radius 1 is 1.47 bits per heavy atom. The van der Waals surface area contributed by atoms with Gasteiger partial charge in [-0.2, -0.15) is 5.26 Å². The Bertz CT molecular complexity index is 646. The highest BCUT2D eigenvalue weighted by atomic mass is 32.1. The fourth-order valence-corrected chi connectivity index (χ4v) is 2.13. The SMILES string of the molecule is CNc1nnc(C(=O)N(C)c2cccc(C#N)c2)s1. The molecule has 0 fully saturated rings. The highest BCUT2D eigenvalue weighted by Gasteiger charge is 2.18. The summed E-state index contributed by atoms with van der Waals surface area (Å²) in [5, 5.41) is 20.2. The van der Waals surface area contributed by atoms with Crippen LogP contribution < -0.4 is 10.2 Å². The van der Waals surface area contributed by atoms with Gasteiger partial charge < -0.3 is 10.2 Å². The van der Waals surface area contributed by atoms with E-state index in [1.807, 2.05) is 6.07 Å². The van der Waals surface area contributed by atoms with Crippen molar-refractivity contribution in [1.29, 1.82) is 5.26 Å². The molecule has 2 rings (SSSR count). The number of anilines is 2. The summed E-state index contributed by atoms with van der Waals surface area (Å²) in [6.45, 7) is 0. The second-order valence-electron chi connectivity index (χ2n) is 3.69. The summed E-state index contributed by atoms with van der Waals surface area (Å²) in [6.07, 6.45) is 0. The van der Waals surface area contributed by atoms with Crippen LogP contribution in [-0.2, 0) is 0 Å². The third-order valence-corrected chi connectivity index (χ3v) is 3.42. The van der Waals surface area contributed by atoms with Gasteiger partial charge in [-0.05, 0) is 18.2 Å². The van der Waals surface area contributed by atoms with Crippen LogP contribution in [0.2, 0.25) is 0 Å². The molecule has 1 aromatic carbocycles. The molecule has 96 valence electrons. The zero-order valence-corrected chi connectivity index (χ0v) is 11.2. The highest BCUT2D eigenvalue weighted by molar-refractivity contribution is 7.17. The second-order valence-corrected chi connectivity index (χ2v) is 4.67. The Hall–Kier alpha value is -2.46. The van der Waals surface area contributed by atoms with Gasteiger partial charge in [0, 0.05) is 19.8 Å². The number of carbonyl (C=O) groups excluding carboxylic acids is 1. The van der Waals surface area contributed by atoms with Crippen molar-refractivity contribution in [3.8, 4) is 6.07 Å². The molecule has 1 amide bonds. The average Bonchev–Trinajstić information content (AvgIpc) is 2.94. The van der Waals surface area contributed by atoms with Gasteiger partial charge in [0.05, 0.1) is 11.6 Å². The van der Waals surface area contributed by atoms with E-state index in [9.17, 15) is 4.79 Å². The molecule has 0 radical (unpaired) electrons. The third-order valence-electron chi connectivity index (χ3n) is 2.49. The van der Waals surface area contributed by atoms with Crippen LogP contribution in [0.15, 0.2) is 24.3 Å². The van der Waals surface area contributed by atoms with Crippen molar-refractivity contribution in [3.63, 3.8) is 0 Å². The van der Waals surface area contributed by atoms with Crippen molar-refractivity contribution in [2.75, 3.05) is 24.3 Å². The van der Waals surface area contributed by atoms with E-state index >= 15 is 0 Å². The number of nitrogens with zero attached hydrogens (tertiary/aromatic N) is 4. The molecular formula is C12H11N5OS. The Labute approximate surface area is 114 Å². The molecule has 0 aliphatic rings. The maximum atomic E-state index is 12.2. The Morgan fingerprint density at radius 3 is 2.89 bits per heavy atom. The molecule has 19 heavy (non-hydrogen) atoms. The molecule has 2 aromatic rings.